The van der Waals surface area contributed by atoms with E-state index in [1.165, 1.54) is 0 Å². The summed E-state index contributed by atoms with van der Waals surface area (Å²) in [6.07, 6.45) is -1.76. The second-order valence-corrected chi connectivity index (χ2v) is 18.7. The minimum absolute atomic E-state index is 0.0931. The van der Waals surface area contributed by atoms with Crippen LogP contribution < -0.4 is 26.2 Å². The van der Waals surface area contributed by atoms with Crippen LogP contribution in [0.15, 0.2) is 109 Å². The van der Waals surface area contributed by atoms with Crippen molar-refractivity contribution in [1.82, 2.24) is 26.2 Å². The van der Waals surface area contributed by atoms with Gasteiger partial charge in [-0.05, 0) is 68.7 Å². The van der Waals surface area contributed by atoms with E-state index in [0.717, 1.165) is 17.0 Å². The van der Waals surface area contributed by atoms with Crippen molar-refractivity contribution in [3.8, 4) is 0 Å². The van der Waals surface area contributed by atoms with Gasteiger partial charge in [0.05, 0.1) is 12.3 Å². The molecule has 0 spiro atoms. The Morgan fingerprint density at radius 2 is 1.37 bits per heavy atom. The first-order valence-corrected chi connectivity index (χ1v) is 23.3. The number of nitrogens with one attached hydrogen (secondary N) is 4. The van der Waals surface area contributed by atoms with Crippen LogP contribution in [0.3, 0.4) is 0 Å². The van der Waals surface area contributed by atoms with Gasteiger partial charge < -0.3 is 45.6 Å². The Labute approximate surface area is 401 Å². The molecule has 18 heteroatoms. The van der Waals surface area contributed by atoms with Crippen LogP contribution in [0.5, 0.6) is 0 Å². The lowest BCUT2D eigenvalue weighted by Crippen LogP contribution is -2.60. The van der Waals surface area contributed by atoms with Crippen LogP contribution in [0.2, 0.25) is 0 Å². The molecular weight excluding hydrogens is 893 g/mol. The topological polar surface area (TPSA) is 230 Å². The largest absolute Gasteiger partial charge is 0.481 e. The summed E-state index contributed by atoms with van der Waals surface area (Å²) in [5.41, 5.74) is 0.818. The van der Waals surface area contributed by atoms with Gasteiger partial charge in [0.2, 0.25) is 23.6 Å². The van der Waals surface area contributed by atoms with Crippen LogP contribution in [-0.4, -0.2) is 114 Å². The third kappa shape index (κ3) is 15.8. The Balaban J connectivity index is 1.43. The first-order valence-electron chi connectivity index (χ1n) is 22.8. The lowest BCUT2D eigenvalue weighted by molar-refractivity contribution is -0.148. The van der Waals surface area contributed by atoms with E-state index in [2.05, 4.69) is 31.3 Å². The number of carboxylic acids is 1. The molecule has 0 aliphatic carbocycles. The van der Waals surface area contributed by atoms with Crippen molar-refractivity contribution < 1.29 is 52.9 Å². The molecule has 362 valence electrons. The van der Waals surface area contributed by atoms with Crippen LogP contribution >= 0.6 is 11.3 Å². The highest BCUT2D eigenvalue weighted by molar-refractivity contribution is 7.10. The van der Waals surface area contributed by atoms with Gasteiger partial charge in [-0.15, -0.1) is 11.3 Å². The van der Waals surface area contributed by atoms with Gasteiger partial charge in [-0.3, -0.25) is 28.8 Å². The number of esters is 1. The zero-order chi connectivity index (χ0) is 50.1. The molecule has 68 heavy (non-hydrogen) atoms. The summed E-state index contributed by atoms with van der Waals surface area (Å²) in [6.45, 7) is 9.49. The van der Waals surface area contributed by atoms with Crippen LogP contribution in [0.1, 0.15) is 74.3 Å². The molecule has 17 nitrogen and oxygen atoms in total. The number of nitrogens with zero attached hydrogens (tertiary/aromatic N) is 2. The van der Waals surface area contributed by atoms with E-state index < -0.39 is 96.2 Å². The van der Waals surface area contributed by atoms with Crippen molar-refractivity contribution in [1.29, 1.82) is 1.43 Å². The van der Waals surface area contributed by atoms with Gasteiger partial charge in [0.15, 0.2) is 12.4 Å². The van der Waals surface area contributed by atoms with E-state index in [1.807, 2.05) is 44.2 Å². The molecule has 4 aromatic rings. The number of para-hydroxylation sites is 1. The zero-order valence-corrected chi connectivity index (χ0v) is 39.6. The van der Waals surface area contributed by atoms with Crippen molar-refractivity contribution in [2.45, 2.75) is 83.6 Å². The fraction of sp³-hybridized carbons (Fsp3) is 0.400. The van der Waals surface area contributed by atoms with Crippen LogP contribution in [0.4, 0.5) is 10.5 Å². The van der Waals surface area contributed by atoms with E-state index in [9.17, 15) is 38.4 Å². The van der Waals surface area contributed by atoms with Gasteiger partial charge in [-0.2, -0.15) is 0 Å². The number of anilines is 1. The quantitative estimate of drug-likeness (QED) is 0.0554. The third-order valence-electron chi connectivity index (χ3n) is 10.8. The number of hydrogen-bond donors (Lipinski definition) is 5. The van der Waals surface area contributed by atoms with Crippen LogP contribution in [0.25, 0.3) is 1.43 Å². The molecule has 2 unspecified atom stereocenters. The first-order chi connectivity index (χ1) is 32.9. The molecular formula is C50H60N6O11S. The molecule has 1 saturated heterocycles. The van der Waals surface area contributed by atoms with Gasteiger partial charge in [0.25, 0.3) is 1.43 Å². The molecule has 0 radical (unpaired) electrons. The predicted octanol–water partition coefficient (Wildman–Crippen LogP) is 4.92. The SMILES string of the molecule is [2H]OC(=O)C(Cc1ccccc1)[C@H](NC(=O)[C@H](CC(=O)N1CCN(c2ccccc2)CC1)NC(=O)OC(C)(C)C)C(=O)NC(C(=O)N[C@@H](CC(C)C)C(=O)OCC(=O)c1ccccc1)c1cccs1. The summed E-state index contributed by atoms with van der Waals surface area (Å²) in [6, 6.07) is 23.2. The number of hydrogen-bond acceptors (Lipinski definition) is 13. The number of piperazine rings is 1. The fourth-order valence-corrected chi connectivity index (χ4v) is 8.24. The molecule has 5 atom stereocenters. The Morgan fingerprint density at radius 1 is 0.735 bits per heavy atom. The average Bonchev–Trinajstić information content (AvgIpc) is 3.87. The number of thiophene rings is 1. The predicted molar refractivity (Wildman–Crippen MR) is 255 cm³/mol. The molecule has 5 amide bonds. The minimum Gasteiger partial charge on any atom is -0.481 e. The number of carboxylic acid groups (broad SMARTS) is 1. The molecule has 2 heterocycles. The van der Waals surface area contributed by atoms with Gasteiger partial charge in [-0.1, -0.05) is 98.8 Å². The second kappa shape index (κ2) is 24.6. The number of benzene rings is 3. The molecule has 0 bridgehead atoms. The number of amides is 5. The van der Waals surface area contributed by atoms with Crippen LogP contribution in [0, 0.1) is 11.8 Å². The van der Waals surface area contributed by atoms with Crippen molar-refractivity contribution in [2.24, 2.45) is 11.8 Å². The highest BCUT2D eigenvalue weighted by Crippen LogP contribution is 2.23. The Bertz CT molecular complexity index is 2360. The molecule has 0 saturated carbocycles. The summed E-state index contributed by atoms with van der Waals surface area (Å²) in [4.78, 5) is 115. The number of Topliss-reactive ketones (excluding diaryl/α,β-unsaturated/α-hetero) is 1. The number of ether oxygens (including phenoxy) is 2. The molecule has 1 aromatic heterocycles. The maximum absolute atomic E-state index is 14.8. The Hall–Kier alpha value is -7.08. The first kappa shape index (κ1) is 50.3. The molecule has 3 aromatic carbocycles. The van der Waals surface area contributed by atoms with Crippen molar-refractivity contribution in [3.63, 3.8) is 0 Å². The average molecular weight is 954 g/mol. The number of rotatable bonds is 21. The molecule has 1 fully saturated rings. The van der Waals surface area contributed by atoms with E-state index in [4.69, 9.17) is 10.9 Å². The highest BCUT2D eigenvalue weighted by atomic mass is 32.1. The van der Waals surface area contributed by atoms with Crippen LogP contribution in [-0.2, 0) is 44.7 Å². The van der Waals surface area contributed by atoms with Gasteiger partial charge in [0, 0.05) is 42.3 Å². The summed E-state index contributed by atoms with van der Waals surface area (Å²) < 4.78 is 18.4. The smallest absolute Gasteiger partial charge is 0.408 e. The zero-order valence-electron chi connectivity index (χ0n) is 39.8. The third-order valence-corrected chi connectivity index (χ3v) is 11.8. The number of aliphatic carboxylic acids is 1. The lowest BCUT2D eigenvalue weighted by atomic mass is 9.90. The number of ketones is 1. The summed E-state index contributed by atoms with van der Waals surface area (Å²) in [5.74, 6) is -7.81. The Morgan fingerprint density at radius 3 is 1.96 bits per heavy atom. The summed E-state index contributed by atoms with van der Waals surface area (Å²) >= 11 is 1.09. The molecule has 5 N–H and O–H groups in total. The number of alkyl carbamates (subject to hydrolysis) is 1. The molecule has 5 rings (SSSR count). The minimum atomic E-state index is -1.89. The number of carbonyl (C=O) groups excluding carboxylic acids is 7. The van der Waals surface area contributed by atoms with Gasteiger partial charge in [0.1, 0.15) is 29.8 Å². The fourth-order valence-electron chi connectivity index (χ4n) is 7.46. The molecule has 1 aliphatic heterocycles. The summed E-state index contributed by atoms with van der Waals surface area (Å²) in [7, 11) is 0. The molecule has 1 aliphatic rings. The van der Waals surface area contributed by atoms with Crippen molar-refractivity contribution in [3.05, 3.63) is 125 Å². The Kier molecular flexibility index (Phi) is 18.2. The van der Waals surface area contributed by atoms with Gasteiger partial charge >= 0.3 is 18.0 Å². The standard InChI is InChI=1S/C50H60N6O11S/c1-32(2)28-38(48(64)66-31-39(57)34-18-11-7-12-19-34)51-46(61)43(40-22-15-27-68-40)54-45(60)42(36(47(62)63)29-33-16-9-6-10-17-33)53-44(59)37(52-49(65)67-50(3,4)5)30-41(58)56-25-23-55(24-26-56)35-20-13-8-14-21-35/h6-22,27,32,36-38,42-43H,23-26,28-31H2,1-5H3,(H,51,61)(H,52,65)(H,53,59)(H,54,60)(H,62,63)/t36?,37-,38-,42-,43?/m0/s1/i/hD. The van der Waals surface area contributed by atoms with E-state index in [0.29, 0.717) is 42.2 Å². The van der Waals surface area contributed by atoms with E-state index in [-0.39, 0.29) is 18.8 Å². The van der Waals surface area contributed by atoms with E-state index >= 15 is 0 Å². The monoisotopic (exact) mass is 953 g/mol. The second-order valence-electron chi connectivity index (χ2n) is 17.8. The highest BCUT2D eigenvalue weighted by Gasteiger charge is 2.40. The summed E-state index contributed by atoms with van der Waals surface area (Å²) in [5, 5.41) is 16.4. The maximum Gasteiger partial charge on any atom is 0.408 e. The van der Waals surface area contributed by atoms with Gasteiger partial charge in [-0.25, -0.2) is 9.59 Å². The maximum atomic E-state index is 14.8. The number of carbonyl (C=O) groups is 8. The normalized spacial score (nSPS) is 15.0. The van der Waals surface area contributed by atoms with E-state index in [1.54, 1.807) is 104 Å². The van der Waals surface area contributed by atoms with Crippen molar-refractivity contribution in [2.75, 3.05) is 37.7 Å². The lowest BCUT2D eigenvalue weighted by Gasteiger charge is -2.36. The van der Waals surface area contributed by atoms with Crippen molar-refractivity contribution >= 4 is 64.5 Å².